The number of hydrogen-bond donors (Lipinski definition) is 2. The molecule has 1 amide bonds. The Labute approximate surface area is 125 Å². The van der Waals surface area contributed by atoms with Gasteiger partial charge in [-0.3, -0.25) is 4.79 Å². The lowest BCUT2D eigenvalue weighted by Gasteiger charge is -2.16. The standard InChI is InChI=1S/C15H14BrFN2O/c1-9(11-4-2-3-5-12(11)16)19-15(20)10-6-7-13(17)14(18)8-10/h2-9H,18H2,1H3,(H,19,20). The molecule has 0 radical (unpaired) electrons. The van der Waals surface area contributed by atoms with Crippen LogP contribution in [0.2, 0.25) is 0 Å². The lowest BCUT2D eigenvalue weighted by Crippen LogP contribution is -2.27. The summed E-state index contributed by atoms with van der Waals surface area (Å²) >= 11 is 3.44. The third-order valence-electron chi connectivity index (χ3n) is 2.98. The first kappa shape index (κ1) is 14.5. The average Bonchev–Trinajstić information content (AvgIpc) is 2.42. The van der Waals surface area contributed by atoms with Crippen molar-refractivity contribution >= 4 is 27.5 Å². The van der Waals surface area contributed by atoms with E-state index in [4.69, 9.17) is 5.73 Å². The number of amides is 1. The molecule has 2 rings (SSSR count). The Morgan fingerprint density at radius 3 is 2.65 bits per heavy atom. The van der Waals surface area contributed by atoms with E-state index in [0.717, 1.165) is 10.0 Å². The largest absolute Gasteiger partial charge is 0.396 e. The number of carbonyl (C=O) groups excluding carboxylic acids is 1. The molecule has 3 nitrogen and oxygen atoms in total. The Balaban J connectivity index is 2.15. The van der Waals surface area contributed by atoms with Gasteiger partial charge in [0.05, 0.1) is 11.7 Å². The molecule has 1 atom stereocenters. The highest BCUT2D eigenvalue weighted by Gasteiger charge is 2.14. The zero-order chi connectivity index (χ0) is 14.7. The van der Waals surface area contributed by atoms with Gasteiger partial charge >= 0.3 is 0 Å². The number of hydrogen-bond acceptors (Lipinski definition) is 2. The summed E-state index contributed by atoms with van der Waals surface area (Å²) in [6.45, 7) is 1.88. The van der Waals surface area contributed by atoms with Gasteiger partial charge in [0.1, 0.15) is 5.82 Å². The lowest BCUT2D eigenvalue weighted by molar-refractivity contribution is 0.0940. The molecule has 0 aromatic heterocycles. The van der Waals surface area contributed by atoms with E-state index < -0.39 is 5.82 Å². The van der Waals surface area contributed by atoms with Crippen LogP contribution in [0.5, 0.6) is 0 Å². The fraction of sp³-hybridized carbons (Fsp3) is 0.133. The maximum absolute atomic E-state index is 13.1. The number of nitrogens with one attached hydrogen (secondary N) is 1. The Morgan fingerprint density at radius 1 is 1.30 bits per heavy atom. The SMILES string of the molecule is CC(NC(=O)c1ccc(F)c(N)c1)c1ccccc1Br. The van der Waals surface area contributed by atoms with Gasteiger partial charge in [0.25, 0.3) is 5.91 Å². The van der Waals surface area contributed by atoms with Gasteiger partial charge in [-0.2, -0.15) is 0 Å². The molecule has 0 saturated carbocycles. The fourth-order valence-electron chi connectivity index (χ4n) is 1.87. The van der Waals surface area contributed by atoms with Crippen LogP contribution in [-0.4, -0.2) is 5.91 Å². The molecule has 104 valence electrons. The second kappa shape index (κ2) is 6.05. The van der Waals surface area contributed by atoms with Gasteiger partial charge < -0.3 is 11.1 Å². The van der Waals surface area contributed by atoms with Crippen LogP contribution in [0.25, 0.3) is 0 Å². The summed E-state index contributed by atoms with van der Waals surface area (Å²) in [6, 6.07) is 11.4. The smallest absolute Gasteiger partial charge is 0.251 e. The van der Waals surface area contributed by atoms with Gasteiger partial charge in [0, 0.05) is 10.0 Å². The zero-order valence-electron chi connectivity index (χ0n) is 10.9. The van der Waals surface area contributed by atoms with E-state index in [0.29, 0.717) is 5.56 Å². The summed E-state index contributed by atoms with van der Waals surface area (Å²) in [6.07, 6.45) is 0. The molecule has 0 saturated heterocycles. The van der Waals surface area contributed by atoms with Crippen LogP contribution in [0.15, 0.2) is 46.9 Å². The van der Waals surface area contributed by atoms with E-state index in [-0.39, 0.29) is 17.6 Å². The van der Waals surface area contributed by atoms with Crippen molar-refractivity contribution in [1.29, 1.82) is 0 Å². The van der Waals surface area contributed by atoms with E-state index in [1.54, 1.807) is 0 Å². The Kier molecular flexibility index (Phi) is 4.39. The van der Waals surface area contributed by atoms with Crippen LogP contribution in [0.4, 0.5) is 10.1 Å². The second-order valence-corrected chi connectivity index (χ2v) is 5.31. The molecule has 2 aromatic rings. The van der Waals surface area contributed by atoms with Crippen molar-refractivity contribution in [2.45, 2.75) is 13.0 Å². The van der Waals surface area contributed by atoms with Gasteiger partial charge in [0.15, 0.2) is 0 Å². The van der Waals surface area contributed by atoms with Crippen molar-refractivity contribution in [3.8, 4) is 0 Å². The van der Waals surface area contributed by atoms with Crippen LogP contribution in [0.3, 0.4) is 0 Å². The molecule has 0 bridgehead atoms. The van der Waals surface area contributed by atoms with Crippen molar-refractivity contribution in [2.75, 3.05) is 5.73 Å². The number of anilines is 1. The van der Waals surface area contributed by atoms with Crippen molar-refractivity contribution in [2.24, 2.45) is 0 Å². The summed E-state index contributed by atoms with van der Waals surface area (Å²) in [5.74, 6) is -0.819. The molecule has 3 N–H and O–H groups in total. The minimum atomic E-state index is -0.527. The predicted molar refractivity (Wildman–Crippen MR) is 80.8 cm³/mol. The number of benzene rings is 2. The van der Waals surface area contributed by atoms with Crippen LogP contribution in [0, 0.1) is 5.82 Å². The summed E-state index contributed by atoms with van der Waals surface area (Å²) in [4.78, 5) is 12.1. The minimum Gasteiger partial charge on any atom is -0.396 e. The fourth-order valence-corrected chi connectivity index (χ4v) is 2.50. The van der Waals surface area contributed by atoms with E-state index in [1.807, 2.05) is 31.2 Å². The minimum absolute atomic E-state index is 0.0359. The van der Waals surface area contributed by atoms with Crippen LogP contribution < -0.4 is 11.1 Å². The first-order valence-electron chi connectivity index (χ1n) is 6.09. The van der Waals surface area contributed by atoms with Crippen LogP contribution >= 0.6 is 15.9 Å². The molecule has 0 aliphatic heterocycles. The van der Waals surface area contributed by atoms with Gasteiger partial charge in [-0.05, 0) is 36.8 Å². The van der Waals surface area contributed by atoms with Gasteiger partial charge in [0.2, 0.25) is 0 Å². The monoisotopic (exact) mass is 336 g/mol. The number of halogens is 2. The maximum Gasteiger partial charge on any atom is 0.251 e. The number of nitrogens with two attached hydrogens (primary N) is 1. The normalized spacial score (nSPS) is 11.9. The van der Waals surface area contributed by atoms with Gasteiger partial charge in [-0.15, -0.1) is 0 Å². The number of nitrogen functional groups attached to an aromatic ring is 1. The Bertz CT molecular complexity index is 646. The highest BCUT2D eigenvalue weighted by atomic mass is 79.9. The molecule has 0 spiro atoms. The van der Waals surface area contributed by atoms with E-state index in [9.17, 15) is 9.18 Å². The molecule has 5 heteroatoms. The number of carbonyl (C=O) groups is 1. The third-order valence-corrected chi connectivity index (χ3v) is 3.70. The molecular weight excluding hydrogens is 323 g/mol. The molecule has 1 unspecified atom stereocenters. The summed E-state index contributed by atoms with van der Waals surface area (Å²) in [7, 11) is 0. The van der Waals surface area contributed by atoms with Crippen molar-refractivity contribution in [1.82, 2.24) is 5.32 Å². The quantitative estimate of drug-likeness (QED) is 0.840. The van der Waals surface area contributed by atoms with Gasteiger partial charge in [-0.1, -0.05) is 34.1 Å². The summed E-state index contributed by atoms with van der Waals surface area (Å²) < 4.78 is 14.0. The van der Waals surface area contributed by atoms with E-state index in [1.165, 1.54) is 18.2 Å². The van der Waals surface area contributed by atoms with Crippen molar-refractivity contribution in [3.05, 3.63) is 63.9 Å². The zero-order valence-corrected chi connectivity index (χ0v) is 12.4. The van der Waals surface area contributed by atoms with Gasteiger partial charge in [-0.25, -0.2) is 4.39 Å². The predicted octanol–water partition coefficient (Wildman–Crippen LogP) is 3.66. The Hall–Kier alpha value is -1.88. The Morgan fingerprint density at radius 2 is 2.00 bits per heavy atom. The summed E-state index contributed by atoms with van der Waals surface area (Å²) in [5.41, 5.74) is 6.73. The summed E-state index contributed by atoms with van der Waals surface area (Å²) in [5, 5.41) is 2.85. The molecule has 0 heterocycles. The first-order valence-corrected chi connectivity index (χ1v) is 6.88. The third kappa shape index (κ3) is 3.17. The molecule has 2 aromatic carbocycles. The highest BCUT2D eigenvalue weighted by molar-refractivity contribution is 9.10. The molecule has 0 aliphatic rings. The maximum atomic E-state index is 13.1. The van der Waals surface area contributed by atoms with Crippen LogP contribution in [0.1, 0.15) is 28.9 Å². The molecule has 0 fully saturated rings. The topological polar surface area (TPSA) is 55.1 Å². The highest BCUT2D eigenvalue weighted by Crippen LogP contribution is 2.23. The lowest BCUT2D eigenvalue weighted by atomic mass is 10.1. The first-order chi connectivity index (χ1) is 9.49. The average molecular weight is 337 g/mol. The second-order valence-electron chi connectivity index (χ2n) is 4.45. The van der Waals surface area contributed by atoms with Crippen molar-refractivity contribution in [3.63, 3.8) is 0 Å². The molecule has 20 heavy (non-hydrogen) atoms. The molecular formula is C15H14BrFN2O. The van der Waals surface area contributed by atoms with E-state index in [2.05, 4.69) is 21.2 Å². The number of rotatable bonds is 3. The molecule has 0 aliphatic carbocycles. The van der Waals surface area contributed by atoms with Crippen LogP contribution in [-0.2, 0) is 0 Å². The van der Waals surface area contributed by atoms with E-state index >= 15 is 0 Å². The van der Waals surface area contributed by atoms with Crippen molar-refractivity contribution < 1.29 is 9.18 Å².